The fourth-order valence-corrected chi connectivity index (χ4v) is 5.82. The average molecular weight is 415 g/mol. The Kier molecular flexibility index (Phi) is 5.76. The van der Waals surface area contributed by atoms with Crippen molar-refractivity contribution in [1.82, 2.24) is 29.8 Å². The third-order valence-electron chi connectivity index (χ3n) is 6.85. The molecule has 2 aromatic rings. The second kappa shape index (κ2) is 8.63. The first-order valence-electron chi connectivity index (χ1n) is 11.0. The number of piperidine rings is 1. The number of carbonyl (C=O) groups is 1. The van der Waals surface area contributed by atoms with Gasteiger partial charge in [0.25, 0.3) is 0 Å². The smallest absolute Gasteiger partial charge is 0.238 e. The SMILES string of the molecule is O=C(NCC1CCCN(Cc2ccc3nsnc3c2)C1)C1NNC2CCCCC21. The van der Waals surface area contributed by atoms with Crippen LogP contribution in [0.2, 0.25) is 0 Å². The molecule has 1 amide bonds. The van der Waals surface area contributed by atoms with Crippen LogP contribution < -0.4 is 16.2 Å². The van der Waals surface area contributed by atoms with Crippen LogP contribution in [0, 0.1) is 11.8 Å². The van der Waals surface area contributed by atoms with Crippen LogP contribution in [0.25, 0.3) is 11.0 Å². The van der Waals surface area contributed by atoms with Crippen LogP contribution in [0.4, 0.5) is 0 Å². The molecule has 1 aromatic carbocycles. The van der Waals surface area contributed by atoms with E-state index in [1.54, 1.807) is 0 Å². The van der Waals surface area contributed by atoms with Crippen molar-refractivity contribution in [3.8, 4) is 0 Å². The highest BCUT2D eigenvalue weighted by molar-refractivity contribution is 7.00. The van der Waals surface area contributed by atoms with Crippen molar-refractivity contribution >= 4 is 28.7 Å². The van der Waals surface area contributed by atoms with Gasteiger partial charge in [-0.2, -0.15) is 8.75 Å². The summed E-state index contributed by atoms with van der Waals surface area (Å²) >= 11 is 1.27. The fraction of sp³-hybridized carbons (Fsp3) is 0.667. The van der Waals surface area contributed by atoms with E-state index >= 15 is 0 Å². The molecule has 29 heavy (non-hydrogen) atoms. The number of aromatic nitrogens is 2. The van der Waals surface area contributed by atoms with Crippen LogP contribution in [0.3, 0.4) is 0 Å². The molecule has 3 fully saturated rings. The van der Waals surface area contributed by atoms with Crippen LogP contribution in [-0.2, 0) is 11.3 Å². The van der Waals surface area contributed by atoms with E-state index in [4.69, 9.17) is 0 Å². The van der Waals surface area contributed by atoms with Gasteiger partial charge < -0.3 is 5.32 Å². The van der Waals surface area contributed by atoms with Crippen LogP contribution in [0.15, 0.2) is 18.2 Å². The van der Waals surface area contributed by atoms with Crippen molar-refractivity contribution < 1.29 is 4.79 Å². The standard InChI is InChI=1S/C21H30N6OS/c28-21(20-16-5-1-2-6-17(16)23-24-20)22-11-15-4-3-9-27(13-15)12-14-7-8-18-19(10-14)26-29-25-18/h7-8,10,15-17,20,23-24H,1-6,9,11-13H2,(H,22,28). The highest BCUT2D eigenvalue weighted by atomic mass is 32.1. The zero-order chi connectivity index (χ0) is 19.6. The fourth-order valence-electron chi connectivity index (χ4n) is 5.30. The number of benzene rings is 1. The molecule has 4 atom stereocenters. The van der Waals surface area contributed by atoms with Gasteiger partial charge >= 0.3 is 0 Å². The lowest BCUT2D eigenvalue weighted by atomic mass is 9.81. The van der Waals surface area contributed by atoms with E-state index in [0.717, 1.165) is 43.6 Å². The minimum absolute atomic E-state index is 0.0709. The lowest BCUT2D eigenvalue weighted by Crippen LogP contribution is -2.48. The number of likely N-dealkylation sites (tertiary alicyclic amines) is 1. The van der Waals surface area contributed by atoms with E-state index in [9.17, 15) is 4.79 Å². The zero-order valence-corrected chi connectivity index (χ0v) is 17.6. The maximum atomic E-state index is 12.8. The molecule has 3 N–H and O–H groups in total. The number of amides is 1. The second-order valence-electron chi connectivity index (χ2n) is 8.90. The summed E-state index contributed by atoms with van der Waals surface area (Å²) in [5, 5.41) is 3.25. The second-order valence-corrected chi connectivity index (χ2v) is 9.43. The lowest BCUT2D eigenvalue weighted by molar-refractivity contribution is -0.124. The van der Waals surface area contributed by atoms with Crippen molar-refractivity contribution in [3.63, 3.8) is 0 Å². The van der Waals surface area contributed by atoms with Gasteiger partial charge in [-0.25, -0.2) is 5.43 Å². The highest BCUT2D eigenvalue weighted by Crippen LogP contribution is 2.30. The van der Waals surface area contributed by atoms with Crippen LogP contribution in [-0.4, -0.2) is 51.3 Å². The van der Waals surface area contributed by atoms with Crippen molar-refractivity contribution in [1.29, 1.82) is 0 Å². The van der Waals surface area contributed by atoms with E-state index in [1.165, 1.54) is 49.4 Å². The predicted molar refractivity (Wildman–Crippen MR) is 114 cm³/mol. The molecule has 7 nitrogen and oxygen atoms in total. The molecule has 1 saturated carbocycles. The zero-order valence-electron chi connectivity index (χ0n) is 16.8. The Bertz CT molecular complexity index is 857. The van der Waals surface area contributed by atoms with Crippen molar-refractivity contribution in [2.45, 2.75) is 57.2 Å². The predicted octanol–water partition coefficient (Wildman–Crippen LogP) is 2.05. The number of hydrazine groups is 1. The van der Waals surface area contributed by atoms with E-state index in [0.29, 0.717) is 17.9 Å². The van der Waals surface area contributed by atoms with E-state index < -0.39 is 0 Å². The number of carbonyl (C=O) groups excluding carboxylic acids is 1. The molecular formula is C21H30N6OS. The summed E-state index contributed by atoms with van der Waals surface area (Å²) in [5.41, 5.74) is 9.87. The number of nitrogens with one attached hydrogen (secondary N) is 3. The molecule has 0 bridgehead atoms. The van der Waals surface area contributed by atoms with Gasteiger partial charge in [0.05, 0.1) is 11.7 Å². The Morgan fingerprint density at radius 2 is 2.03 bits per heavy atom. The third kappa shape index (κ3) is 4.30. The minimum Gasteiger partial charge on any atom is -0.354 e. The summed E-state index contributed by atoms with van der Waals surface area (Å²) in [5.74, 6) is 1.14. The van der Waals surface area contributed by atoms with Crippen LogP contribution in [0.5, 0.6) is 0 Å². The Labute approximate surface area is 175 Å². The Hall–Kier alpha value is -1.61. The first-order valence-corrected chi connectivity index (χ1v) is 11.7. The largest absolute Gasteiger partial charge is 0.354 e. The summed E-state index contributed by atoms with van der Waals surface area (Å²) in [7, 11) is 0. The number of rotatable bonds is 5. The van der Waals surface area contributed by atoms with Gasteiger partial charge in [-0.1, -0.05) is 18.9 Å². The molecule has 8 heteroatoms. The summed E-state index contributed by atoms with van der Waals surface area (Å²) in [6.45, 7) is 3.88. The van der Waals surface area contributed by atoms with E-state index in [2.05, 4.69) is 48.0 Å². The molecule has 5 rings (SSSR count). The Balaban J connectivity index is 1.12. The number of nitrogens with zero attached hydrogens (tertiary/aromatic N) is 3. The van der Waals surface area contributed by atoms with Gasteiger partial charge in [0.2, 0.25) is 5.91 Å². The molecule has 2 saturated heterocycles. The lowest BCUT2D eigenvalue weighted by Gasteiger charge is -2.33. The van der Waals surface area contributed by atoms with Gasteiger partial charge in [-0.3, -0.25) is 15.1 Å². The number of hydrogen-bond acceptors (Lipinski definition) is 7. The van der Waals surface area contributed by atoms with E-state index in [-0.39, 0.29) is 11.9 Å². The van der Waals surface area contributed by atoms with Gasteiger partial charge in [0, 0.05) is 31.6 Å². The van der Waals surface area contributed by atoms with Crippen molar-refractivity contribution in [2.24, 2.45) is 11.8 Å². The number of fused-ring (bicyclic) bond motifs is 2. The number of hydrogen-bond donors (Lipinski definition) is 3. The maximum absolute atomic E-state index is 12.8. The summed E-state index contributed by atoms with van der Waals surface area (Å²) < 4.78 is 8.64. The summed E-state index contributed by atoms with van der Waals surface area (Å²) in [4.78, 5) is 15.3. The van der Waals surface area contributed by atoms with Gasteiger partial charge in [0.1, 0.15) is 17.1 Å². The molecule has 0 spiro atoms. The summed E-state index contributed by atoms with van der Waals surface area (Å²) in [6.07, 6.45) is 7.23. The highest BCUT2D eigenvalue weighted by Gasteiger charge is 2.41. The van der Waals surface area contributed by atoms with Gasteiger partial charge in [0.15, 0.2) is 0 Å². The summed E-state index contributed by atoms with van der Waals surface area (Å²) in [6, 6.07) is 6.78. The quantitative estimate of drug-likeness (QED) is 0.695. The molecule has 3 heterocycles. The molecule has 2 aliphatic heterocycles. The minimum atomic E-state index is -0.0709. The molecule has 0 radical (unpaired) electrons. The topological polar surface area (TPSA) is 82.2 Å². The maximum Gasteiger partial charge on any atom is 0.238 e. The molecule has 1 aliphatic carbocycles. The third-order valence-corrected chi connectivity index (χ3v) is 7.40. The van der Waals surface area contributed by atoms with Crippen molar-refractivity contribution in [2.75, 3.05) is 19.6 Å². The van der Waals surface area contributed by atoms with E-state index in [1.807, 2.05) is 0 Å². The van der Waals surface area contributed by atoms with Gasteiger partial charge in [-0.05, 0) is 55.8 Å². The van der Waals surface area contributed by atoms with Crippen LogP contribution >= 0.6 is 11.7 Å². The molecule has 156 valence electrons. The average Bonchev–Trinajstić information content (AvgIpc) is 3.39. The molecule has 3 aliphatic rings. The first-order chi connectivity index (χ1) is 14.3. The van der Waals surface area contributed by atoms with Crippen molar-refractivity contribution in [3.05, 3.63) is 23.8 Å². The molecule has 4 unspecified atom stereocenters. The first kappa shape index (κ1) is 19.4. The molecular weight excluding hydrogens is 384 g/mol. The monoisotopic (exact) mass is 414 g/mol. The molecule has 1 aromatic heterocycles. The van der Waals surface area contributed by atoms with Crippen LogP contribution in [0.1, 0.15) is 44.1 Å². The van der Waals surface area contributed by atoms with Gasteiger partial charge in [-0.15, -0.1) is 0 Å². The Morgan fingerprint density at radius 3 is 3.00 bits per heavy atom. The normalized spacial score (nSPS) is 30.3. The Morgan fingerprint density at radius 1 is 1.14 bits per heavy atom.